The second-order valence-corrected chi connectivity index (χ2v) is 5.28. The van der Waals surface area contributed by atoms with Crippen molar-refractivity contribution in [3.05, 3.63) is 27.7 Å². The molecule has 2 rings (SSSR count). The number of hydrazine groups is 1. The quantitative estimate of drug-likeness (QED) is 0.520. The van der Waals surface area contributed by atoms with Gasteiger partial charge in [0.1, 0.15) is 6.54 Å². The molecule has 0 saturated carbocycles. The van der Waals surface area contributed by atoms with E-state index in [0.717, 1.165) is 0 Å². The first-order valence-corrected chi connectivity index (χ1v) is 6.72. The molecule has 0 aliphatic carbocycles. The molecule has 10 heteroatoms. The Bertz CT molecular complexity index is 651. The van der Waals surface area contributed by atoms with Crippen molar-refractivity contribution < 1.29 is 19.2 Å². The predicted molar refractivity (Wildman–Crippen MR) is 76.2 cm³/mol. The van der Waals surface area contributed by atoms with Crippen LogP contribution >= 0.6 is 27.5 Å². The van der Waals surface area contributed by atoms with Crippen LogP contribution in [0.15, 0.2) is 22.7 Å². The third-order valence-electron chi connectivity index (χ3n) is 2.42. The Morgan fingerprint density at radius 3 is 2.57 bits per heavy atom. The van der Waals surface area contributed by atoms with Crippen molar-refractivity contribution in [2.45, 2.75) is 0 Å². The lowest BCUT2D eigenvalue weighted by Crippen LogP contribution is -2.48. The molecule has 1 heterocycles. The van der Waals surface area contributed by atoms with Crippen molar-refractivity contribution in [1.82, 2.24) is 15.8 Å². The van der Waals surface area contributed by atoms with Gasteiger partial charge in [0.25, 0.3) is 0 Å². The molecular weight excluding hydrogens is 368 g/mol. The van der Waals surface area contributed by atoms with Crippen LogP contribution in [0.3, 0.4) is 0 Å². The molecule has 1 aliphatic rings. The molecule has 1 aromatic carbocycles. The number of imide groups is 1. The zero-order valence-corrected chi connectivity index (χ0v) is 12.6. The maximum atomic E-state index is 11.7. The normalized spacial score (nSPS) is 13.9. The van der Waals surface area contributed by atoms with Crippen molar-refractivity contribution in [3.63, 3.8) is 0 Å². The van der Waals surface area contributed by atoms with E-state index in [2.05, 4.69) is 21.2 Å². The molecule has 1 aliphatic heterocycles. The Morgan fingerprint density at radius 1 is 1.29 bits per heavy atom. The van der Waals surface area contributed by atoms with Gasteiger partial charge in [-0.3, -0.25) is 25.1 Å². The van der Waals surface area contributed by atoms with Crippen LogP contribution < -0.4 is 16.1 Å². The number of carbonyl (C=O) groups excluding carboxylic acids is 4. The minimum absolute atomic E-state index is 0.236. The third-order valence-corrected chi connectivity index (χ3v) is 3.22. The number of benzene rings is 1. The summed E-state index contributed by atoms with van der Waals surface area (Å²) in [5, 5.41) is 5.18. The van der Waals surface area contributed by atoms with E-state index >= 15 is 0 Å². The van der Waals surface area contributed by atoms with Crippen LogP contribution in [0.1, 0.15) is 0 Å². The number of hydrogen-bond donors (Lipinski definition) is 3. The first-order chi connectivity index (χ1) is 9.86. The molecule has 5 amide bonds. The number of nitrogens with one attached hydrogen (secondary N) is 3. The summed E-state index contributed by atoms with van der Waals surface area (Å²) >= 11 is 9.10. The fourth-order valence-electron chi connectivity index (χ4n) is 1.48. The lowest BCUT2D eigenvalue weighted by Gasteiger charge is -2.14. The molecule has 1 saturated heterocycles. The monoisotopic (exact) mass is 374 g/mol. The first kappa shape index (κ1) is 15.3. The lowest BCUT2D eigenvalue weighted by molar-refractivity contribution is -0.138. The fraction of sp³-hybridized carbons (Fsp3) is 0.0909. The summed E-state index contributed by atoms with van der Waals surface area (Å²) in [6.45, 7) is -0.350. The van der Waals surface area contributed by atoms with Gasteiger partial charge < -0.3 is 5.32 Å². The van der Waals surface area contributed by atoms with Crippen LogP contribution in [0.4, 0.5) is 10.5 Å². The molecule has 110 valence electrons. The molecule has 1 fully saturated rings. The van der Waals surface area contributed by atoms with E-state index in [9.17, 15) is 19.2 Å². The van der Waals surface area contributed by atoms with Gasteiger partial charge in [-0.15, -0.1) is 0 Å². The molecule has 0 bridgehead atoms. The molecule has 8 nitrogen and oxygen atoms in total. The lowest BCUT2D eigenvalue weighted by atomic mass is 10.3. The minimum atomic E-state index is -1.10. The van der Waals surface area contributed by atoms with Crippen LogP contribution in [0, 0.1) is 0 Å². The van der Waals surface area contributed by atoms with Gasteiger partial charge in [0.05, 0.1) is 10.7 Å². The number of anilines is 1. The van der Waals surface area contributed by atoms with Crippen molar-refractivity contribution in [2.75, 3.05) is 11.9 Å². The minimum Gasteiger partial charge on any atom is -0.316 e. The first-order valence-electron chi connectivity index (χ1n) is 5.55. The van der Waals surface area contributed by atoms with Crippen molar-refractivity contribution in [3.8, 4) is 0 Å². The molecule has 0 aromatic heterocycles. The van der Waals surface area contributed by atoms with Crippen LogP contribution in [-0.2, 0) is 14.4 Å². The number of urea groups is 1. The maximum Gasteiger partial charge on any atom is 0.343 e. The second kappa shape index (κ2) is 6.10. The summed E-state index contributed by atoms with van der Waals surface area (Å²) in [5.41, 5.74) is 2.24. The van der Waals surface area contributed by atoms with E-state index in [0.29, 0.717) is 9.48 Å². The van der Waals surface area contributed by atoms with Gasteiger partial charge in [0, 0.05) is 4.47 Å². The molecule has 3 N–H and O–H groups in total. The van der Waals surface area contributed by atoms with Gasteiger partial charge in [-0.1, -0.05) is 27.5 Å². The largest absolute Gasteiger partial charge is 0.343 e. The molecule has 0 radical (unpaired) electrons. The Morgan fingerprint density at radius 2 is 2.00 bits per heavy atom. The standard InChI is InChI=1S/C11H8BrClN4O4/c12-5-1-2-7(6(13)3-5)14-9(19)10(20)16-17-4-8(18)15-11(17)21/h1-3H,4H2,(H,14,19)(H,16,20)(H,15,18,21). The molecular formula is C11H8BrClN4O4. The van der Waals surface area contributed by atoms with Crippen LogP contribution in [0.25, 0.3) is 0 Å². The zero-order chi connectivity index (χ0) is 15.6. The number of carbonyl (C=O) groups is 4. The van der Waals surface area contributed by atoms with Crippen LogP contribution in [0.2, 0.25) is 5.02 Å². The van der Waals surface area contributed by atoms with E-state index < -0.39 is 23.8 Å². The van der Waals surface area contributed by atoms with Crippen molar-refractivity contribution in [1.29, 1.82) is 0 Å². The van der Waals surface area contributed by atoms with Gasteiger partial charge in [0.15, 0.2) is 0 Å². The molecule has 0 spiro atoms. The average molecular weight is 376 g/mol. The van der Waals surface area contributed by atoms with Crippen molar-refractivity contribution >= 4 is 57.0 Å². The van der Waals surface area contributed by atoms with Gasteiger partial charge in [-0.05, 0) is 18.2 Å². The number of nitrogens with zero attached hydrogens (tertiary/aromatic N) is 1. The number of hydrogen-bond acceptors (Lipinski definition) is 4. The van der Waals surface area contributed by atoms with Gasteiger partial charge in [-0.25, -0.2) is 9.80 Å². The van der Waals surface area contributed by atoms with Crippen LogP contribution in [-0.4, -0.2) is 35.3 Å². The third kappa shape index (κ3) is 3.70. The topological polar surface area (TPSA) is 108 Å². The highest BCUT2D eigenvalue weighted by Gasteiger charge is 2.29. The Labute approximate surface area is 131 Å². The van der Waals surface area contributed by atoms with Gasteiger partial charge >= 0.3 is 17.8 Å². The van der Waals surface area contributed by atoms with Crippen LogP contribution in [0.5, 0.6) is 0 Å². The highest BCUT2D eigenvalue weighted by Crippen LogP contribution is 2.25. The Kier molecular flexibility index (Phi) is 4.43. The van der Waals surface area contributed by atoms with E-state index in [4.69, 9.17) is 11.6 Å². The average Bonchev–Trinajstić information content (AvgIpc) is 2.71. The smallest absolute Gasteiger partial charge is 0.316 e. The fourth-order valence-corrected chi connectivity index (χ4v) is 2.20. The summed E-state index contributed by atoms with van der Waals surface area (Å²) in [7, 11) is 0. The molecule has 21 heavy (non-hydrogen) atoms. The van der Waals surface area contributed by atoms with E-state index in [1.807, 2.05) is 10.7 Å². The zero-order valence-electron chi connectivity index (χ0n) is 10.3. The number of amides is 5. The Balaban J connectivity index is 1.98. The van der Waals surface area contributed by atoms with E-state index in [1.165, 1.54) is 6.07 Å². The second-order valence-electron chi connectivity index (χ2n) is 3.96. The molecule has 0 atom stereocenters. The summed E-state index contributed by atoms with van der Waals surface area (Å²) in [5.74, 6) is -2.69. The molecule has 1 aromatic rings. The predicted octanol–water partition coefficient (Wildman–Crippen LogP) is 0.624. The summed E-state index contributed by atoms with van der Waals surface area (Å²) in [4.78, 5) is 45.5. The summed E-state index contributed by atoms with van der Waals surface area (Å²) < 4.78 is 0.710. The van der Waals surface area contributed by atoms with Gasteiger partial charge in [-0.2, -0.15) is 0 Å². The van der Waals surface area contributed by atoms with E-state index in [-0.39, 0.29) is 17.3 Å². The highest BCUT2D eigenvalue weighted by molar-refractivity contribution is 9.10. The van der Waals surface area contributed by atoms with E-state index in [1.54, 1.807) is 12.1 Å². The Hall–Kier alpha value is -2.13. The summed E-state index contributed by atoms with van der Waals surface area (Å²) in [6.07, 6.45) is 0. The maximum absolute atomic E-state index is 11.7. The molecule has 0 unspecified atom stereocenters. The number of halogens is 2. The number of rotatable bonds is 2. The highest BCUT2D eigenvalue weighted by atomic mass is 79.9. The SMILES string of the molecule is O=C1CN(NC(=O)C(=O)Nc2ccc(Br)cc2Cl)C(=O)N1. The van der Waals surface area contributed by atoms with Crippen molar-refractivity contribution in [2.24, 2.45) is 0 Å². The van der Waals surface area contributed by atoms with Gasteiger partial charge in [0.2, 0.25) is 5.91 Å². The summed E-state index contributed by atoms with van der Waals surface area (Å²) in [6, 6.07) is 3.87.